The van der Waals surface area contributed by atoms with Crippen LogP contribution in [0.1, 0.15) is 29.7 Å². The fourth-order valence-corrected chi connectivity index (χ4v) is 2.83. The second kappa shape index (κ2) is 6.20. The number of nitrogens with one attached hydrogen (secondary N) is 1. The van der Waals surface area contributed by atoms with Gasteiger partial charge in [-0.1, -0.05) is 6.07 Å². The maximum absolute atomic E-state index is 11.2. The number of carbonyl (C=O) groups excluding carboxylic acids is 1. The average Bonchev–Trinajstić information content (AvgIpc) is 2.94. The Labute approximate surface area is 143 Å². The first-order chi connectivity index (χ1) is 12.0. The third kappa shape index (κ3) is 2.76. The summed E-state index contributed by atoms with van der Waals surface area (Å²) in [5.41, 5.74) is 8.40. The van der Waals surface area contributed by atoms with Gasteiger partial charge in [0.1, 0.15) is 11.6 Å². The Morgan fingerprint density at radius 3 is 2.84 bits per heavy atom. The highest BCUT2D eigenvalue weighted by Crippen LogP contribution is 2.44. The molecule has 1 aromatic carbocycles. The Bertz CT molecular complexity index is 923. The van der Waals surface area contributed by atoms with E-state index in [-0.39, 0.29) is 11.5 Å². The monoisotopic (exact) mass is 340 g/mol. The van der Waals surface area contributed by atoms with Crippen molar-refractivity contribution in [2.75, 3.05) is 7.11 Å². The zero-order chi connectivity index (χ0) is 18.1. The van der Waals surface area contributed by atoms with Crippen LogP contribution in [0, 0.1) is 18.3 Å². The number of hydrogen-bond acceptors (Lipinski definition) is 7. The number of aromatic amines is 1. The van der Waals surface area contributed by atoms with Gasteiger partial charge in [-0.3, -0.25) is 9.89 Å². The number of nitriles is 1. The van der Waals surface area contributed by atoms with E-state index in [4.69, 9.17) is 19.9 Å². The molecule has 1 aromatic heterocycles. The molecule has 3 rings (SSSR count). The number of carbonyl (C=O) groups is 1. The minimum absolute atomic E-state index is 0.00882. The van der Waals surface area contributed by atoms with E-state index >= 15 is 0 Å². The molecule has 25 heavy (non-hydrogen) atoms. The van der Waals surface area contributed by atoms with Crippen molar-refractivity contribution in [1.29, 1.82) is 5.26 Å². The van der Waals surface area contributed by atoms with Gasteiger partial charge >= 0.3 is 5.97 Å². The highest BCUT2D eigenvalue weighted by atomic mass is 16.6. The molecular weight excluding hydrogens is 324 g/mol. The molecule has 0 amide bonds. The van der Waals surface area contributed by atoms with Gasteiger partial charge in [0, 0.05) is 18.2 Å². The number of ether oxygens (including phenoxy) is 3. The summed E-state index contributed by atoms with van der Waals surface area (Å²) in [6.07, 6.45) is 0. The summed E-state index contributed by atoms with van der Waals surface area (Å²) < 4.78 is 15.9. The van der Waals surface area contributed by atoms with Crippen LogP contribution in [0.4, 0.5) is 0 Å². The number of hydrogen-bond donors (Lipinski definition) is 2. The van der Waals surface area contributed by atoms with E-state index in [0.717, 1.165) is 16.8 Å². The molecule has 1 aliphatic heterocycles. The predicted molar refractivity (Wildman–Crippen MR) is 86.9 cm³/mol. The average molecular weight is 340 g/mol. The number of fused-ring (bicyclic) bond motifs is 1. The van der Waals surface area contributed by atoms with Crippen LogP contribution in [-0.4, -0.2) is 23.3 Å². The highest BCUT2D eigenvalue weighted by molar-refractivity contribution is 5.70. The molecule has 1 aliphatic rings. The van der Waals surface area contributed by atoms with Crippen molar-refractivity contribution in [3.63, 3.8) is 0 Å². The molecule has 2 aromatic rings. The number of methoxy groups -OCH3 is 1. The van der Waals surface area contributed by atoms with E-state index in [1.165, 1.54) is 14.0 Å². The number of aryl methyl sites for hydroxylation is 1. The van der Waals surface area contributed by atoms with Crippen molar-refractivity contribution in [1.82, 2.24) is 10.2 Å². The quantitative estimate of drug-likeness (QED) is 0.645. The van der Waals surface area contributed by atoms with E-state index in [1.807, 2.05) is 6.92 Å². The van der Waals surface area contributed by atoms with Gasteiger partial charge in [-0.15, -0.1) is 5.10 Å². The molecule has 0 bridgehead atoms. The topological polar surface area (TPSA) is 123 Å². The van der Waals surface area contributed by atoms with E-state index in [1.54, 1.807) is 18.2 Å². The molecule has 2 heterocycles. The Balaban J connectivity index is 2.16. The predicted octanol–water partition coefficient (Wildman–Crippen LogP) is 1.87. The molecule has 8 nitrogen and oxygen atoms in total. The van der Waals surface area contributed by atoms with Crippen LogP contribution in [0.25, 0.3) is 0 Å². The Kier molecular flexibility index (Phi) is 4.07. The van der Waals surface area contributed by atoms with Crippen molar-refractivity contribution < 1.29 is 19.0 Å². The van der Waals surface area contributed by atoms with Crippen LogP contribution in [0.5, 0.6) is 17.4 Å². The lowest BCUT2D eigenvalue weighted by Crippen LogP contribution is -2.21. The summed E-state index contributed by atoms with van der Waals surface area (Å²) in [5.74, 6) is 0.0967. The van der Waals surface area contributed by atoms with Crippen LogP contribution in [0.15, 0.2) is 29.7 Å². The molecule has 0 aliphatic carbocycles. The van der Waals surface area contributed by atoms with E-state index in [9.17, 15) is 10.1 Å². The standard InChI is InChI=1S/C17H16N4O4/c1-8-14-15(11(7-18)16(19)25-17(14)21-20-8)10-4-5-12(24-9(2)22)13(6-10)23-3/h4-6,15H,19H2,1-3H3,(H,20,21). The first kappa shape index (κ1) is 16.4. The van der Waals surface area contributed by atoms with Crippen molar-refractivity contribution in [3.8, 4) is 23.4 Å². The summed E-state index contributed by atoms with van der Waals surface area (Å²) in [5, 5.41) is 16.5. The summed E-state index contributed by atoms with van der Waals surface area (Å²) in [4.78, 5) is 11.2. The molecule has 1 atom stereocenters. The van der Waals surface area contributed by atoms with Crippen LogP contribution in [-0.2, 0) is 4.79 Å². The van der Waals surface area contributed by atoms with Gasteiger partial charge < -0.3 is 19.9 Å². The third-order valence-corrected chi connectivity index (χ3v) is 3.90. The molecule has 3 N–H and O–H groups in total. The normalized spacial score (nSPS) is 15.8. The number of nitrogens with zero attached hydrogens (tertiary/aromatic N) is 2. The van der Waals surface area contributed by atoms with E-state index in [2.05, 4.69) is 16.3 Å². The number of H-pyrrole nitrogens is 1. The molecule has 8 heteroatoms. The minimum atomic E-state index is -0.465. The number of aromatic nitrogens is 2. The summed E-state index contributed by atoms with van der Waals surface area (Å²) in [6, 6.07) is 7.17. The molecule has 0 saturated carbocycles. The van der Waals surface area contributed by atoms with Gasteiger partial charge in [0.05, 0.1) is 13.0 Å². The van der Waals surface area contributed by atoms with Crippen molar-refractivity contribution >= 4 is 5.97 Å². The SMILES string of the molecule is COc1cc(C2C(C#N)=C(N)Oc3n[nH]c(C)c32)ccc1OC(C)=O. The summed E-state index contributed by atoms with van der Waals surface area (Å²) >= 11 is 0. The van der Waals surface area contributed by atoms with Gasteiger partial charge in [0.25, 0.3) is 0 Å². The molecule has 0 spiro atoms. The smallest absolute Gasteiger partial charge is 0.308 e. The molecular formula is C17H16N4O4. The fourth-order valence-electron chi connectivity index (χ4n) is 2.83. The van der Waals surface area contributed by atoms with Crippen LogP contribution in [0.2, 0.25) is 0 Å². The van der Waals surface area contributed by atoms with Crippen molar-refractivity contribution in [2.24, 2.45) is 5.73 Å². The van der Waals surface area contributed by atoms with Crippen molar-refractivity contribution in [2.45, 2.75) is 19.8 Å². The second-order valence-electron chi connectivity index (χ2n) is 5.50. The van der Waals surface area contributed by atoms with Gasteiger partial charge in [-0.25, -0.2) is 0 Å². The zero-order valence-corrected chi connectivity index (χ0v) is 13.9. The Morgan fingerprint density at radius 1 is 1.44 bits per heavy atom. The molecule has 0 radical (unpaired) electrons. The third-order valence-electron chi connectivity index (χ3n) is 3.90. The lowest BCUT2D eigenvalue weighted by molar-refractivity contribution is -0.132. The van der Waals surface area contributed by atoms with E-state index in [0.29, 0.717) is 17.4 Å². The molecule has 0 fully saturated rings. The number of nitrogens with two attached hydrogens (primary N) is 1. The molecule has 0 saturated heterocycles. The molecule has 1 unspecified atom stereocenters. The second-order valence-corrected chi connectivity index (χ2v) is 5.50. The Morgan fingerprint density at radius 2 is 2.20 bits per heavy atom. The van der Waals surface area contributed by atoms with E-state index < -0.39 is 11.9 Å². The number of allylic oxidation sites excluding steroid dienone is 1. The van der Waals surface area contributed by atoms with Gasteiger partial charge in [-0.05, 0) is 24.6 Å². The molecule has 128 valence electrons. The van der Waals surface area contributed by atoms with Gasteiger partial charge in [0.2, 0.25) is 11.8 Å². The maximum Gasteiger partial charge on any atom is 0.308 e. The van der Waals surface area contributed by atoms with Crippen LogP contribution < -0.4 is 19.9 Å². The highest BCUT2D eigenvalue weighted by Gasteiger charge is 2.34. The summed E-state index contributed by atoms with van der Waals surface area (Å²) in [6.45, 7) is 3.15. The minimum Gasteiger partial charge on any atom is -0.493 e. The largest absolute Gasteiger partial charge is 0.493 e. The van der Waals surface area contributed by atoms with Crippen molar-refractivity contribution in [3.05, 3.63) is 46.5 Å². The lowest BCUT2D eigenvalue weighted by Gasteiger charge is -2.24. The number of rotatable bonds is 3. The first-order valence-corrected chi connectivity index (χ1v) is 7.45. The number of esters is 1. The van der Waals surface area contributed by atoms with Crippen LogP contribution >= 0.6 is 0 Å². The fraction of sp³-hybridized carbons (Fsp3) is 0.235. The Hall–Kier alpha value is -3.47. The van der Waals surface area contributed by atoms with Crippen LogP contribution in [0.3, 0.4) is 0 Å². The number of benzene rings is 1. The first-order valence-electron chi connectivity index (χ1n) is 7.45. The van der Waals surface area contributed by atoms with Gasteiger partial charge in [0.15, 0.2) is 11.5 Å². The van der Waals surface area contributed by atoms with Gasteiger partial charge in [-0.2, -0.15) is 5.26 Å². The summed E-state index contributed by atoms with van der Waals surface area (Å²) in [7, 11) is 1.47. The lowest BCUT2D eigenvalue weighted by atomic mass is 9.84. The zero-order valence-electron chi connectivity index (χ0n) is 13.9. The maximum atomic E-state index is 11.2.